The van der Waals surface area contributed by atoms with Gasteiger partial charge in [0.1, 0.15) is 0 Å². The first-order valence-corrected chi connectivity index (χ1v) is 11.8. The smallest absolute Gasteiger partial charge is 0.233 e. The maximum absolute atomic E-state index is 13.0. The van der Waals surface area contributed by atoms with Gasteiger partial charge in [-0.3, -0.25) is 4.79 Å². The van der Waals surface area contributed by atoms with Gasteiger partial charge in [0.2, 0.25) is 5.91 Å². The minimum absolute atomic E-state index is 0.236. The lowest BCUT2D eigenvalue weighted by atomic mass is 10.1. The van der Waals surface area contributed by atoms with Gasteiger partial charge in [-0.15, -0.1) is 10.2 Å². The van der Waals surface area contributed by atoms with Crippen LogP contribution in [0.5, 0.6) is 0 Å². The molecule has 6 nitrogen and oxygen atoms in total. The van der Waals surface area contributed by atoms with Crippen LogP contribution in [0.4, 0.5) is 0 Å². The van der Waals surface area contributed by atoms with Crippen molar-refractivity contribution in [1.29, 1.82) is 0 Å². The Kier molecular flexibility index (Phi) is 6.55. The van der Waals surface area contributed by atoms with Crippen LogP contribution in [-0.4, -0.2) is 68.4 Å². The second kappa shape index (κ2) is 9.30. The predicted molar refractivity (Wildman–Crippen MR) is 117 cm³/mol. The first kappa shape index (κ1) is 20.4. The summed E-state index contributed by atoms with van der Waals surface area (Å²) >= 11 is 1.52. The van der Waals surface area contributed by atoms with Gasteiger partial charge in [-0.2, -0.15) is 0 Å². The molecule has 3 heterocycles. The third kappa shape index (κ3) is 4.51. The highest BCUT2D eigenvalue weighted by molar-refractivity contribution is 7.99. The summed E-state index contributed by atoms with van der Waals surface area (Å²) in [6.45, 7) is 9.29. The summed E-state index contributed by atoms with van der Waals surface area (Å²) in [5.41, 5.74) is 2.29. The Morgan fingerprint density at radius 3 is 2.69 bits per heavy atom. The van der Waals surface area contributed by atoms with Crippen LogP contribution in [0.15, 0.2) is 29.4 Å². The highest BCUT2D eigenvalue weighted by Crippen LogP contribution is 2.27. The van der Waals surface area contributed by atoms with Gasteiger partial charge in [-0.25, -0.2) is 0 Å². The molecule has 0 N–H and O–H groups in total. The summed E-state index contributed by atoms with van der Waals surface area (Å²) in [4.78, 5) is 17.6. The van der Waals surface area contributed by atoms with Crippen molar-refractivity contribution in [1.82, 2.24) is 24.6 Å². The molecular weight excluding hydrogens is 382 g/mol. The van der Waals surface area contributed by atoms with Crippen LogP contribution < -0.4 is 0 Å². The molecule has 2 aromatic rings. The average molecular weight is 414 g/mol. The van der Waals surface area contributed by atoms with E-state index in [1.54, 1.807) is 0 Å². The number of carbonyl (C=O) groups excluding carboxylic acids is 1. The molecule has 0 saturated carbocycles. The molecule has 0 aliphatic carbocycles. The monoisotopic (exact) mass is 413 g/mol. The molecule has 2 saturated heterocycles. The number of nitrogens with zero attached hydrogens (tertiary/aromatic N) is 5. The molecule has 156 valence electrons. The van der Waals surface area contributed by atoms with E-state index in [0.717, 1.165) is 49.0 Å². The zero-order valence-electron chi connectivity index (χ0n) is 17.5. The minimum atomic E-state index is 0.236. The largest absolute Gasteiger partial charge is 0.338 e. The number of aryl methyl sites for hydroxylation is 1. The summed E-state index contributed by atoms with van der Waals surface area (Å²) < 4.78 is 2.12. The van der Waals surface area contributed by atoms with Gasteiger partial charge in [-0.05, 0) is 58.2 Å². The number of amides is 1. The second-order valence-electron chi connectivity index (χ2n) is 8.04. The Morgan fingerprint density at radius 1 is 1.14 bits per heavy atom. The summed E-state index contributed by atoms with van der Waals surface area (Å²) in [5.74, 6) is 1.55. The molecule has 1 atom stereocenters. The quantitative estimate of drug-likeness (QED) is 0.651. The van der Waals surface area contributed by atoms with Crippen LogP contribution >= 0.6 is 11.8 Å². The molecule has 1 aromatic heterocycles. The van der Waals surface area contributed by atoms with Crippen molar-refractivity contribution in [2.24, 2.45) is 0 Å². The number of likely N-dealkylation sites (tertiary alicyclic amines) is 2. The van der Waals surface area contributed by atoms with E-state index < -0.39 is 0 Å². The van der Waals surface area contributed by atoms with Gasteiger partial charge in [0, 0.05) is 31.2 Å². The Bertz CT molecular complexity index is 845. The minimum Gasteiger partial charge on any atom is -0.338 e. The van der Waals surface area contributed by atoms with Gasteiger partial charge in [0.25, 0.3) is 0 Å². The van der Waals surface area contributed by atoms with E-state index in [0.29, 0.717) is 11.8 Å². The number of benzene rings is 1. The zero-order valence-corrected chi connectivity index (χ0v) is 18.3. The third-order valence-corrected chi connectivity index (χ3v) is 7.06. The SMILES string of the molecule is CCn1c(SCC(=O)N2CCCC2CN2CCCC2)nnc1-c1ccccc1C. The number of thioether (sulfide) groups is 1. The van der Waals surface area contributed by atoms with Crippen molar-refractivity contribution >= 4 is 17.7 Å². The molecule has 0 spiro atoms. The van der Waals surface area contributed by atoms with E-state index in [-0.39, 0.29) is 5.91 Å². The fraction of sp³-hybridized carbons (Fsp3) is 0.591. The van der Waals surface area contributed by atoms with Crippen LogP contribution in [0, 0.1) is 6.92 Å². The zero-order chi connectivity index (χ0) is 20.2. The molecular formula is C22H31N5OS. The van der Waals surface area contributed by atoms with E-state index in [9.17, 15) is 4.79 Å². The summed E-state index contributed by atoms with van der Waals surface area (Å²) in [7, 11) is 0. The molecule has 2 fully saturated rings. The van der Waals surface area contributed by atoms with E-state index >= 15 is 0 Å². The molecule has 0 bridgehead atoms. The van der Waals surface area contributed by atoms with Crippen molar-refractivity contribution in [3.05, 3.63) is 29.8 Å². The highest BCUT2D eigenvalue weighted by Gasteiger charge is 2.31. The molecule has 4 rings (SSSR count). The number of aromatic nitrogens is 3. The van der Waals surface area contributed by atoms with Crippen molar-refractivity contribution in [3.8, 4) is 11.4 Å². The lowest BCUT2D eigenvalue weighted by Gasteiger charge is -2.28. The molecule has 29 heavy (non-hydrogen) atoms. The number of carbonyl (C=O) groups is 1. The Hall–Kier alpha value is -1.86. The molecule has 1 aromatic carbocycles. The summed E-state index contributed by atoms with van der Waals surface area (Å²) in [6, 6.07) is 8.62. The topological polar surface area (TPSA) is 54.3 Å². The number of hydrogen-bond donors (Lipinski definition) is 0. The van der Waals surface area contributed by atoms with Crippen LogP contribution in [0.3, 0.4) is 0 Å². The van der Waals surface area contributed by atoms with E-state index in [2.05, 4.69) is 50.5 Å². The average Bonchev–Trinajstić information content (AvgIpc) is 3.48. The van der Waals surface area contributed by atoms with Gasteiger partial charge in [0.15, 0.2) is 11.0 Å². The molecule has 1 amide bonds. The second-order valence-corrected chi connectivity index (χ2v) is 8.99. The highest BCUT2D eigenvalue weighted by atomic mass is 32.2. The normalized spacial score (nSPS) is 19.9. The molecule has 7 heteroatoms. The first-order chi connectivity index (χ1) is 14.2. The van der Waals surface area contributed by atoms with Crippen molar-refractivity contribution in [2.45, 2.75) is 57.3 Å². The third-order valence-electron chi connectivity index (χ3n) is 6.11. The van der Waals surface area contributed by atoms with Gasteiger partial charge in [-0.1, -0.05) is 36.0 Å². The predicted octanol–water partition coefficient (Wildman–Crippen LogP) is 3.45. The maximum atomic E-state index is 13.0. The molecule has 2 aliphatic heterocycles. The van der Waals surface area contributed by atoms with E-state index in [1.165, 1.54) is 43.3 Å². The number of hydrogen-bond acceptors (Lipinski definition) is 5. The van der Waals surface area contributed by atoms with E-state index in [1.807, 2.05) is 12.1 Å². The van der Waals surface area contributed by atoms with Crippen molar-refractivity contribution in [3.63, 3.8) is 0 Å². The fourth-order valence-corrected chi connectivity index (χ4v) is 5.42. The standard InChI is InChI=1S/C22H31N5OS/c1-3-26-21(19-11-5-4-9-17(19)2)23-24-22(26)29-16-20(28)27-14-8-10-18(27)15-25-12-6-7-13-25/h4-5,9,11,18H,3,6-8,10,12-16H2,1-2H3. The van der Waals surface area contributed by atoms with Crippen LogP contribution in [0.2, 0.25) is 0 Å². The molecule has 1 unspecified atom stereocenters. The van der Waals surface area contributed by atoms with Crippen molar-refractivity contribution in [2.75, 3.05) is 31.9 Å². The summed E-state index contributed by atoms with van der Waals surface area (Å²) in [6.07, 6.45) is 4.85. The van der Waals surface area contributed by atoms with E-state index in [4.69, 9.17) is 0 Å². The fourth-order valence-electron chi connectivity index (χ4n) is 4.53. The van der Waals surface area contributed by atoms with Crippen LogP contribution in [0.1, 0.15) is 38.2 Å². The van der Waals surface area contributed by atoms with Crippen LogP contribution in [0.25, 0.3) is 11.4 Å². The Balaban J connectivity index is 1.41. The molecule has 0 radical (unpaired) electrons. The number of rotatable bonds is 7. The Morgan fingerprint density at radius 2 is 1.93 bits per heavy atom. The summed E-state index contributed by atoms with van der Waals surface area (Å²) in [5, 5.41) is 9.67. The lowest BCUT2D eigenvalue weighted by Crippen LogP contribution is -2.43. The van der Waals surface area contributed by atoms with Crippen LogP contribution in [-0.2, 0) is 11.3 Å². The Labute approximate surface area is 177 Å². The first-order valence-electron chi connectivity index (χ1n) is 10.8. The van der Waals surface area contributed by atoms with Gasteiger partial charge in [0.05, 0.1) is 5.75 Å². The van der Waals surface area contributed by atoms with Gasteiger partial charge >= 0.3 is 0 Å². The lowest BCUT2D eigenvalue weighted by molar-refractivity contribution is -0.129. The molecule has 2 aliphatic rings. The maximum Gasteiger partial charge on any atom is 0.233 e. The van der Waals surface area contributed by atoms with Gasteiger partial charge < -0.3 is 14.4 Å². The van der Waals surface area contributed by atoms with Crippen molar-refractivity contribution < 1.29 is 4.79 Å².